The van der Waals surface area contributed by atoms with Gasteiger partial charge in [0.25, 0.3) is 0 Å². The van der Waals surface area contributed by atoms with Crippen LogP contribution in [0.5, 0.6) is 0 Å². The van der Waals surface area contributed by atoms with Gasteiger partial charge in [0.1, 0.15) is 5.60 Å². The van der Waals surface area contributed by atoms with Gasteiger partial charge in [-0.1, -0.05) is 32.1 Å². The van der Waals surface area contributed by atoms with Gasteiger partial charge in [0.15, 0.2) is 5.76 Å². The number of ketones is 1. The van der Waals surface area contributed by atoms with Gasteiger partial charge in [0, 0.05) is 28.4 Å². The van der Waals surface area contributed by atoms with Crippen LogP contribution in [-0.4, -0.2) is 46.7 Å². The standard InChI is InChI=1S/C39H49NO5/c1-34-8-5-27(41)20-37(34)11-12-39(28(21-37)32(42)29-4-3-13-44-29)30(34)6-9-35(2)31(39)7-10-38(35)23-40(33(43)45-38)22-36-17-24-14-25(18-36)16-26(15-24)19-36/h3-4,11-13,21,24-27,30-31,41H,5-10,14-20,22-23H2,1-2H3. The van der Waals surface area contributed by atoms with E-state index in [1.54, 1.807) is 18.4 Å². The highest BCUT2D eigenvalue weighted by molar-refractivity contribution is 6.08. The third-order valence-electron chi connectivity index (χ3n) is 16.3. The summed E-state index contributed by atoms with van der Waals surface area (Å²) in [5.41, 5.74) is -0.366. The molecule has 1 aliphatic heterocycles. The SMILES string of the molecule is CC12CCC(O)CC13C=CC1(C(C(=O)c4ccco4)=C3)C2CCC2(C)C1CCC21CN(CC23CC4CC(CC(C4)C2)C3)C(=O)O1. The second kappa shape index (κ2) is 8.57. The minimum absolute atomic E-state index is 0.00658. The summed E-state index contributed by atoms with van der Waals surface area (Å²) >= 11 is 0. The van der Waals surface area contributed by atoms with Crippen molar-refractivity contribution in [3.63, 3.8) is 0 Å². The Kier molecular flexibility index (Phi) is 5.28. The quantitative estimate of drug-likeness (QED) is 0.278. The molecule has 6 nitrogen and oxygen atoms in total. The maximum Gasteiger partial charge on any atom is 0.410 e. The van der Waals surface area contributed by atoms with Crippen LogP contribution in [0.1, 0.15) is 108 Å². The van der Waals surface area contributed by atoms with E-state index < -0.39 is 11.0 Å². The molecule has 1 N–H and O–H groups in total. The molecule has 1 aromatic rings. The van der Waals surface area contributed by atoms with Crippen molar-refractivity contribution in [3.05, 3.63) is 48.0 Å². The molecule has 0 aromatic carbocycles. The Balaban J connectivity index is 1.03. The van der Waals surface area contributed by atoms with Crippen molar-refractivity contribution in [3.8, 4) is 0 Å². The lowest BCUT2D eigenvalue weighted by Crippen LogP contribution is -2.67. The Morgan fingerprint density at radius 3 is 2.33 bits per heavy atom. The molecule has 10 aliphatic carbocycles. The topological polar surface area (TPSA) is 80.0 Å². The van der Waals surface area contributed by atoms with E-state index in [1.807, 2.05) is 0 Å². The molecule has 6 bridgehead atoms. The number of aliphatic hydroxyl groups is 1. The molecule has 0 radical (unpaired) electrons. The third-order valence-corrected chi connectivity index (χ3v) is 16.3. The first-order valence-electron chi connectivity index (χ1n) is 18.2. The van der Waals surface area contributed by atoms with E-state index >= 15 is 0 Å². The maximum atomic E-state index is 14.5. The van der Waals surface area contributed by atoms with Crippen LogP contribution in [0.15, 0.2) is 46.6 Å². The van der Waals surface area contributed by atoms with Crippen molar-refractivity contribution in [2.24, 2.45) is 56.7 Å². The number of fused-ring (bicyclic) bond motifs is 2. The molecule has 11 aliphatic rings. The van der Waals surface area contributed by atoms with Crippen molar-refractivity contribution in [2.45, 2.75) is 109 Å². The number of ether oxygens (including phenoxy) is 1. The number of carbonyl (C=O) groups is 2. The average molecular weight is 612 g/mol. The van der Waals surface area contributed by atoms with Crippen LogP contribution in [0.4, 0.5) is 4.79 Å². The molecule has 8 fully saturated rings. The van der Waals surface area contributed by atoms with E-state index in [2.05, 4.69) is 37.0 Å². The molecule has 8 unspecified atom stereocenters. The second-order valence-corrected chi connectivity index (χ2v) is 18.2. The third kappa shape index (κ3) is 3.27. The summed E-state index contributed by atoms with van der Waals surface area (Å²) in [6.07, 6.45) is 22.6. The smallest absolute Gasteiger partial charge is 0.410 e. The number of amides is 1. The molecule has 3 spiro atoms. The van der Waals surface area contributed by atoms with Crippen molar-refractivity contribution >= 4 is 11.9 Å². The molecule has 240 valence electrons. The van der Waals surface area contributed by atoms with Crippen molar-refractivity contribution < 1.29 is 23.8 Å². The van der Waals surface area contributed by atoms with Gasteiger partial charge in [-0.25, -0.2) is 4.79 Å². The van der Waals surface area contributed by atoms with E-state index in [0.29, 0.717) is 30.1 Å². The van der Waals surface area contributed by atoms with Gasteiger partial charge in [0.2, 0.25) is 5.78 Å². The zero-order chi connectivity index (χ0) is 30.6. The number of furan rings is 1. The van der Waals surface area contributed by atoms with E-state index in [-0.39, 0.29) is 40.1 Å². The van der Waals surface area contributed by atoms with Gasteiger partial charge >= 0.3 is 6.09 Å². The first-order valence-corrected chi connectivity index (χ1v) is 18.2. The number of hydrogen-bond donors (Lipinski definition) is 1. The fraction of sp³-hybridized carbons (Fsp3) is 0.744. The monoisotopic (exact) mass is 611 g/mol. The largest absolute Gasteiger partial charge is 0.461 e. The summed E-state index contributed by atoms with van der Waals surface area (Å²) in [5, 5.41) is 10.9. The van der Waals surface area contributed by atoms with E-state index in [1.165, 1.54) is 38.5 Å². The molecule has 45 heavy (non-hydrogen) atoms. The predicted molar refractivity (Wildman–Crippen MR) is 168 cm³/mol. The Bertz CT molecular complexity index is 1510. The maximum absolute atomic E-state index is 14.5. The Hall–Kier alpha value is -2.34. The minimum Gasteiger partial charge on any atom is -0.461 e. The van der Waals surface area contributed by atoms with Crippen LogP contribution >= 0.6 is 0 Å². The van der Waals surface area contributed by atoms with Gasteiger partial charge in [0.05, 0.1) is 18.9 Å². The number of carbonyl (C=O) groups excluding carboxylic acids is 2. The highest BCUT2D eigenvalue weighted by Gasteiger charge is 2.76. The van der Waals surface area contributed by atoms with Crippen molar-refractivity contribution in [1.29, 1.82) is 0 Å². The normalized spacial score (nSPS) is 53.4. The van der Waals surface area contributed by atoms with Crippen LogP contribution in [0.2, 0.25) is 0 Å². The summed E-state index contributed by atoms with van der Waals surface area (Å²) < 4.78 is 12.5. The molecule has 1 aromatic heterocycles. The molecular formula is C39H49NO5. The van der Waals surface area contributed by atoms with Gasteiger partial charge in [-0.05, 0) is 136 Å². The van der Waals surface area contributed by atoms with Crippen molar-refractivity contribution in [1.82, 2.24) is 4.90 Å². The van der Waals surface area contributed by atoms with Crippen LogP contribution in [0.25, 0.3) is 0 Å². The van der Waals surface area contributed by atoms with E-state index in [0.717, 1.165) is 68.4 Å². The molecule has 6 heteroatoms. The van der Waals surface area contributed by atoms with Crippen LogP contribution in [-0.2, 0) is 4.74 Å². The zero-order valence-electron chi connectivity index (χ0n) is 27.1. The van der Waals surface area contributed by atoms with Gasteiger partial charge in [-0.2, -0.15) is 0 Å². The fourth-order valence-electron chi connectivity index (χ4n) is 14.9. The molecule has 2 heterocycles. The first kappa shape index (κ1) is 27.7. The number of Topliss-reactive ketones (excluding diaryl/α,β-unsaturated/α-hetero) is 1. The lowest BCUT2D eigenvalue weighted by atomic mass is 9.32. The van der Waals surface area contributed by atoms with Gasteiger partial charge in [-0.3, -0.25) is 4.79 Å². The Morgan fingerprint density at radius 1 is 0.933 bits per heavy atom. The number of nitrogens with zero attached hydrogens (tertiary/aromatic N) is 1. The van der Waals surface area contributed by atoms with Crippen LogP contribution in [0, 0.1) is 56.7 Å². The fourth-order valence-corrected chi connectivity index (χ4v) is 14.9. The summed E-state index contributed by atoms with van der Waals surface area (Å²) in [4.78, 5) is 30.5. The number of aliphatic hydroxyl groups excluding tert-OH is 1. The number of hydrogen-bond acceptors (Lipinski definition) is 5. The summed E-state index contributed by atoms with van der Waals surface area (Å²) in [6, 6.07) is 3.60. The Morgan fingerprint density at radius 2 is 1.62 bits per heavy atom. The highest BCUT2D eigenvalue weighted by Crippen LogP contribution is 2.79. The second-order valence-electron chi connectivity index (χ2n) is 18.2. The van der Waals surface area contributed by atoms with E-state index in [4.69, 9.17) is 9.15 Å². The molecule has 8 atom stereocenters. The minimum atomic E-state index is -0.515. The summed E-state index contributed by atoms with van der Waals surface area (Å²) in [5.74, 6) is 3.48. The summed E-state index contributed by atoms with van der Waals surface area (Å²) in [6.45, 7) is 6.42. The number of allylic oxidation sites excluding steroid dienone is 4. The lowest BCUT2D eigenvalue weighted by Gasteiger charge is -2.71. The molecule has 1 amide bonds. The van der Waals surface area contributed by atoms with Crippen molar-refractivity contribution in [2.75, 3.05) is 13.1 Å². The molecule has 1 saturated heterocycles. The van der Waals surface area contributed by atoms with Gasteiger partial charge < -0.3 is 19.2 Å². The highest BCUT2D eigenvalue weighted by atomic mass is 16.6. The lowest BCUT2D eigenvalue weighted by molar-refractivity contribution is -0.165. The average Bonchev–Trinajstić information content (AvgIpc) is 3.70. The van der Waals surface area contributed by atoms with Gasteiger partial charge in [-0.15, -0.1) is 0 Å². The van der Waals surface area contributed by atoms with Crippen LogP contribution in [0.3, 0.4) is 0 Å². The number of rotatable bonds is 4. The summed E-state index contributed by atoms with van der Waals surface area (Å²) in [7, 11) is 0. The first-order chi connectivity index (χ1) is 21.5. The molecule has 12 rings (SSSR count). The Labute approximate surface area is 267 Å². The zero-order valence-corrected chi connectivity index (χ0v) is 27.1. The predicted octanol–water partition coefficient (Wildman–Crippen LogP) is 7.73. The molecule has 7 saturated carbocycles. The van der Waals surface area contributed by atoms with Crippen LogP contribution < -0.4 is 0 Å². The van der Waals surface area contributed by atoms with E-state index in [9.17, 15) is 14.7 Å². The molecular weight excluding hydrogens is 562 g/mol.